The predicted octanol–water partition coefficient (Wildman–Crippen LogP) is 2.63. The zero-order valence-electron chi connectivity index (χ0n) is 14.7. The molecular formula is C17H25F3N4O. The van der Waals surface area contributed by atoms with Gasteiger partial charge in [0.1, 0.15) is 5.69 Å². The lowest BCUT2D eigenvalue weighted by Crippen LogP contribution is -2.42. The summed E-state index contributed by atoms with van der Waals surface area (Å²) < 4.78 is 39.3. The van der Waals surface area contributed by atoms with Crippen molar-refractivity contribution in [2.24, 2.45) is 18.9 Å². The van der Waals surface area contributed by atoms with Crippen molar-refractivity contribution in [3.8, 4) is 0 Å². The van der Waals surface area contributed by atoms with E-state index in [1.807, 2.05) is 0 Å². The number of hydrogen-bond donors (Lipinski definition) is 0. The van der Waals surface area contributed by atoms with Crippen molar-refractivity contribution in [1.29, 1.82) is 0 Å². The monoisotopic (exact) mass is 358 g/mol. The van der Waals surface area contributed by atoms with Gasteiger partial charge < -0.3 is 9.80 Å². The second-order valence-corrected chi connectivity index (χ2v) is 7.31. The molecule has 3 rings (SSSR count). The molecule has 0 N–H and O–H groups in total. The van der Waals surface area contributed by atoms with E-state index in [1.54, 1.807) is 4.90 Å². The van der Waals surface area contributed by atoms with Gasteiger partial charge in [-0.1, -0.05) is 0 Å². The van der Waals surface area contributed by atoms with Crippen LogP contribution in [0.2, 0.25) is 0 Å². The van der Waals surface area contributed by atoms with Gasteiger partial charge >= 0.3 is 6.18 Å². The number of rotatable bonds is 2. The Balaban J connectivity index is 1.59. The Hall–Kier alpha value is -1.57. The highest BCUT2D eigenvalue weighted by Gasteiger charge is 2.37. The van der Waals surface area contributed by atoms with Crippen LogP contribution in [-0.4, -0.2) is 58.7 Å². The summed E-state index contributed by atoms with van der Waals surface area (Å²) in [6.07, 6.45) is -0.261. The lowest BCUT2D eigenvalue weighted by Gasteiger charge is -2.39. The molecule has 140 valence electrons. The normalized spacial score (nSPS) is 21.7. The number of halogens is 3. The molecule has 1 amide bonds. The van der Waals surface area contributed by atoms with Gasteiger partial charge in [0.15, 0.2) is 5.69 Å². The number of amides is 1. The van der Waals surface area contributed by atoms with Crippen LogP contribution in [0.15, 0.2) is 6.07 Å². The number of alkyl halides is 3. The molecule has 0 bridgehead atoms. The van der Waals surface area contributed by atoms with E-state index in [0.717, 1.165) is 36.7 Å². The van der Waals surface area contributed by atoms with E-state index < -0.39 is 11.9 Å². The van der Waals surface area contributed by atoms with Crippen LogP contribution >= 0.6 is 0 Å². The van der Waals surface area contributed by atoms with Gasteiger partial charge in [-0.25, -0.2) is 0 Å². The topological polar surface area (TPSA) is 41.4 Å². The SMILES string of the molecule is CN1CCC(C2CCN(C(=O)c3cc(C(F)(F)F)nn3C)CC2)CC1. The predicted molar refractivity (Wildman–Crippen MR) is 87.1 cm³/mol. The Morgan fingerprint density at radius 2 is 1.56 bits per heavy atom. The average molecular weight is 358 g/mol. The Bertz CT molecular complexity index is 612. The van der Waals surface area contributed by atoms with E-state index in [4.69, 9.17) is 0 Å². The number of aryl methyl sites for hydroxylation is 1. The maximum atomic E-state index is 12.8. The van der Waals surface area contributed by atoms with Crippen molar-refractivity contribution in [3.05, 3.63) is 17.5 Å². The number of carbonyl (C=O) groups is 1. The van der Waals surface area contributed by atoms with Gasteiger partial charge in [0.2, 0.25) is 0 Å². The molecule has 2 fully saturated rings. The zero-order valence-corrected chi connectivity index (χ0v) is 14.7. The minimum absolute atomic E-state index is 0.00469. The van der Waals surface area contributed by atoms with Crippen molar-refractivity contribution in [1.82, 2.24) is 19.6 Å². The van der Waals surface area contributed by atoms with Gasteiger partial charge in [-0.05, 0) is 57.7 Å². The molecule has 0 atom stereocenters. The van der Waals surface area contributed by atoms with Crippen molar-refractivity contribution in [3.63, 3.8) is 0 Å². The lowest BCUT2D eigenvalue weighted by molar-refractivity contribution is -0.141. The van der Waals surface area contributed by atoms with Gasteiger partial charge in [-0.3, -0.25) is 9.48 Å². The second kappa shape index (κ2) is 6.97. The van der Waals surface area contributed by atoms with Gasteiger partial charge in [-0.2, -0.15) is 18.3 Å². The fraction of sp³-hybridized carbons (Fsp3) is 0.765. The molecule has 0 spiro atoms. The summed E-state index contributed by atoms with van der Waals surface area (Å²) in [5.41, 5.74) is -1.01. The first-order valence-electron chi connectivity index (χ1n) is 8.84. The van der Waals surface area contributed by atoms with Crippen molar-refractivity contribution in [2.45, 2.75) is 31.9 Å². The molecule has 2 aliphatic heterocycles. The highest BCUT2D eigenvalue weighted by Crippen LogP contribution is 2.33. The van der Waals surface area contributed by atoms with E-state index in [9.17, 15) is 18.0 Å². The Morgan fingerprint density at radius 1 is 1.04 bits per heavy atom. The van der Waals surface area contributed by atoms with Crippen molar-refractivity contribution in [2.75, 3.05) is 33.2 Å². The Kier molecular flexibility index (Phi) is 5.09. The number of piperidine rings is 2. The zero-order chi connectivity index (χ0) is 18.2. The highest BCUT2D eigenvalue weighted by molar-refractivity contribution is 5.92. The summed E-state index contributed by atoms with van der Waals surface area (Å²) in [6.45, 7) is 3.48. The van der Waals surface area contributed by atoms with E-state index in [0.29, 0.717) is 24.9 Å². The number of hydrogen-bond acceptors (Lipinski definition) is 3. The van der Waals surface area contributed by atoms with Crippen LogP contribution in [0.3, 0.4) is 0 Å². The van der Waals surface area contributed by atoms with Crippen LogP contribution in [-0.2, 0) is 13.2 Å². The number of likely N-dealkylation sites (tertiary alicyclic amines) is 2. The molecule has 0 unspecified atom stereocenters. The number of nitrogens with zero attached hydrogens (tertiary/aromatic N) is 4. The first-order chi connectivity index (χ1) is 11.8. The van der Waals surface area contributed by atoms with Crippen LogP contribution in [0.5, 0.6) is 0 Å². The smallest absolute Gasteiger partial charge is 0.337 e. The van der Waals surface area contributed by atoms with Gasteiger partial charge in [-0.15, -0.1) is 0 Å². The molecule has 8 heteroatoms. The molecule has 1 aromatic rings. The van der Waals surface area contributed by atoms with Gasteiger partial charge in [0, 0.05) is 26.2 Å². The Morgan fingerprint density at radius 3 is 2.04 bits per heavy atom. The molecule has 0 aliphatic carbocycles. The maximum absolute atomic E-state index is 12.8. The standard InChI is InChI=1S/C17H25F3N4O/c1-22-7-3-12(4-8-22)13-5-9-24(10-6-13)16(25)14-11-15(17(18,19)20)21-23(14)2/h11-13H,3-10H2,1-2H3. The van der Waals surface area contributed by atoms with Crippen LogP contribution < -0.4 is 0 Å². The molecule has 0 saturated carbocycles. The molecule has 2 aliphatic rings. The van der Waals surface area contributed by atoms with Gasteiger partial charge in [0.05, 0.1) is 0 Å². The summed E-state index contributed by atoms with van der Waals surface area (Å²) in [4.78, 5) is 16.6. The van der Waals surface area contributed by atoms with Crippen LogP contribution in [0.4, 0.5) is 13.2 Å². The minimum Gasteiger partial charge on any atom is -0.337 e. The summed E-state index contributed by atoms with van der Waals surface area (Å²) in [5, 5.41) is 3.43. The van der Waals surface area contributed by atoms with Crippen LogP contribution in [0.1, 0.15) is 41.9 Å². The highest BCUT2D eigenvalue weighted by atomic mass is 19.4. The summed E-state index contributed by atoms with van der Waals surface area (Å²) in [7, 11) is 3.52. The molecule has 5 nitrogen and oxygen atoms in total. The fourth-order valence-electron chi connectivity index (χ4n) is 4.04. The molecule has 2 saturated heterocycles. The molecule has 0 radical (unpaired) electrons. The van der Waals surface area contributed by atoms with E-state index in [2.05, 4.69) is 17.0 Å². The number of carbonyl (C=O) groups excluding carboxylic acids is 1. The van der Waals surface area contributed by atoms with E-state index >= 15 is 0 Å². The van der Waals surface area contributed by atoms with Crippen LogP contribution in [0.25, 0.3) is 0 Å². The minimum atomic E-state index is -4.53. The summed E-state index contributed by atoms with van der Waals surface area (Å²) >= 11 is 0. The fourth-order valence-corrected chi connectivity index (χ4v) is 4.04. The van der Waals surface area contributed by atoms with Crippen molar-refractivity contribution < 1.29 is 18.0 Å². The first kappa shape index (κ1) is 18.2. The third-order valence-electron chi connectivity index (χ3n) is 5.65. The quantitative estimate of drug-likeness (QED) is 0.816. The summed E-state index contributed by atoms with van der Waals surface area (Å²) in [6, 6.07) is 0.853. The third kappa shape index (κ3) is 3.99. The first-order valence-corrected chi connectivity index (χ1v) is 8.84. The van der Waals surface area contributed by atoms with E-state index in [1.165, 1.54) is 19.9 Å². The molecule has 0 aromatic carbocycles. The maximum Gasteiger partial charge on any atom is 0.435 e. The second-order valence-electron chi connectivity index (χ2n) is 7.31. The number of aromatic nitrogens is 2. The van der Waals surface area contributed by atoms with Gasteiger partial charge in [0.25, 0.3) is 5.91 Å². The molecular weight excluding hydrogens is 333 g/mol. The van der Waals surface area contributed by atoms with Crippen molar-refractivity contribution >= 4 is 5.91 Å². The third-order valence-corrected chi connectivity index (χ3v) is 5.65. The van der Waals surface area contributed by atoms with E-state index in [-0.39, 0.29) is 11.6 Å². The average Bonchev–Trinajstić information content (AvgIpc) is 2.97. The molecule has 25 heavy (non-hydrogen) atoms. The Labute approximate surface area is 145 Å². The largest absolute Gasteiger partial charge is 0.435 e. The summed E-state index contributed by atoms with van der Waals surface area (Å²) in [5.74, 6) is 0.976. The van der Waals surface area contributed by atoms with Crippen LogP contribution in [0, 0.1) is 11.8 Å². The lowest BCUT2D eigenvalue weighted by atomic mass is 9.79. The molecule has 3 heterocycles. The molecule has 1 aromatic heterocycles.